The number of hydrogen-bond acceptors (Lipinski definition) is 3. The van der Waals surface area contributed by atoms with Crippen LogP contribution in [0.25, 0.3) is 0 Å². The van der Waals surface area contributed by atoms with Gasteiger partial charge in [-0.2, -0.15) is 0 Å². The Morgan fingerprint density at radius 2 is 2.00 bits per heavy atom. The number of nitrogens with zero attached hydrogens (tertiary/aromatic N) is 2. The molecule has 1 aromatic carbocycles. The minimum atomic E-state index is -0.326. The first-order valence-corrected chi connectivity index (χ1v) is 5.53. The maximum absolute atomic E-state index is 13.0. The van der Waals surface area contributed by atoms with Crippen LogP contribution >= 0.6 is 27.5 Å². The summed E-state index contributed by atoms with van der Waals surface area (Å²) in [6, 6.07) is 7.60. The fourth-order valence-electron chi connectivity index (χ4n) is 1.11. The Kier molecular flexibility index (Phi) is 3.36. The molecule has 0 saturated carbocycles. The van der Waals surface area contributed by atoms with Crippen LogP contribution in [0.2, 0.25) is 5.15 Å². The summed E-state index contributed by atoms with van der Waals surface area (Å²) >= 11 is 8.90. The average molecular weight is 303 g/mol. The SMILES string of the molecule is Fc1ccc(Br)c(Nc2ccc(Cl)nn2)c1. The van der Waals surface area contributed by atoms with Crippen molar-refractivity contribution in [2.24, 2.45) is 0 Å². The average Bonchev–Trinajstić information content (AvgIpc) is 2.27. The molecule has 16 heavy (non-hydrogen) atoms. The van der Waals surface area contributed by atoms with Crippen LogP contribution in [0, 0.1) is 5.82 Å². The smallest absolute Gasteiger partial charge is 0.153 e. The topological polar surface area (TPSA) is 37.8 Å². The molecule has 82 valence electrons. The summed E-state index contributed by atoms with van der Waals surface area (Å²) < 4.78 is 13.7. The van der Waals surface area contributed by atoms with Crippen LogP contribution in [0.1, 0.15) is 0 Å². The number of halogens is 3. The molecule has 2 rings (SSSR count). The highest BCUT2D eigenvalue weighted by Crippen LogP contribution is 2.25. The second kappa shape index (κ2) is 4.76. The van der Waals surface area contributed by atoms with Crippen molar-refractivity contribution in [2.45, 2.75) is 0 Å². The van der Waals surface area contributed by atoms with E-state index < -0.39 is 0 Å². The van der Waals surface area contributed by atoms with E-state index in [-0.39, 0.29) is 5.82 Å². The van der Waals surface area contributed by atoms with Gasteiger partial charge in [-0.25, -0.2) is 4.39 Å². The molecule has 0 aliphatic carbocycles. The zero-order chi connectivity index (χ0) is 11.5. The summed E-state index contributed by atoms with van der Waals surface area (Å²) in [5, 5.41) is 10.7. The maximum atomic E-state index is 13.0. The van der Waals surface area contributed by atoms with Crippen molar-refractivity contribution in [2.75, 3.05) is 5.32 Å². The minimum absolute atomic E-state index is 0.309. The van der Waals surface area contributed by atoms with Crippen LogP contribution in [0.15, 0.2) is 34.8 Å². The van der Waals surface area contributed by atoms with Gasteiger partial charge >= 0.3 is 0 Å². The van der Waals surface area contributed by atoms with E-state index in [9.17, 15) is 4.39 Å². The maximum Gasteiger partial charge on any atom is 0.153 e. The Morgan fingerprint density at radius 3 is 2.69 bits per heavy atom. The molecule has 0 saturated heterocycles. The Bertz CT molecular complexity index is 504. The second-order valence-electron chi connectivity index (χ2n) is 2.99. The molecule has 1 heterocycles. The van der Waals surface area contributed by atoms with E-state index in [1.54, 1.807) is 18.2 Å². The number of nitrogens with one attached hydrogen (secondary N) is 1. The first kappa shape index (κ1) is 11.3. The van der Waals surface area contributed by atoms with Crippen molar-refractivity contribution < 1.29 is 4.39 Å². The van der Waals surface area contributed by atoms with Crippen molar-refractivity contribution in [1.82, 2.24) is 10.2 Å². The van der Waals surface area contributed by atoms with E-state index >= 15 is 0 Å². The molecule has 0 bridgehead atoms. The van der Waals surface area contributed by atoms with Gasteiger partial charge in [0.15, 0.2) is 11.0 Å². The predicted octanol–water partition coefficient (Wildman–Crippen LogP) is 3.78. The van der Waals surface area contributed by atoms with Gasteiger partial charge in [-0.3, -0.25) is 0 Å². The molecule has 3 nitrogen and oxygen atoms in total. The lowest BCUT2D eigenvalue weighted by Gasteiger charge is -2.06. The molecule has 6 heteroatoms. The molecule has 0 fully saturated rings. The molecule has 0 aliphatic rings. The van der Waals surface area contributed by atoms with Crippen molar-refractivity contribution in [3.8, 4) is 0 Å². The number of aromatic nitrogens is 2. The standard InChI is InChI=1S/C10H6BrClFN3/c11-7-2-1-6(13)5-8(7)14-10-4-3-9(12)15-16-10/h1-5H,(H,14,16). The Labute approximate surface area is 105 Å². The van der Waals surface area contributed by atoms with Crippen LogP contribution in [0.3, 0.4) is 0 Å². The normalized spacial score (nSPS) is 10.2. The molecule has 0 radical (unpaired) electrons. The Morgan fingerprint density at radius 1 is 1.19 bits per heavy atom. The Hall–Kier alpha value is -1.20. The van der Waals surface area contributed by atoms with Crippen LogP contribution in [0.4, 0.5) is 15.9 Å². The molecular formula is C10H6BrClFN3. The largest absolute Gasteiger partial charge is 0.338 e. The Balaban J connectivity index is 2.26. The summed E-state index contributed by atoms with van der Waals surface area (Å²) in [7, 11) is 0. The molecule has 0 amide bonds. The third-order valence-corrected chi connectivity index (χ3v) is 2.72. The molecule has 0 spiro atoms. The first-order chi connectivity index (χ1) is 7.65. The van der Waals surface area contributed by atoms with Gasteiger partial charge in [-0.05, 0) is 46.3 Å². The van der Waals surface area contributed by atoms with Crippen molar-refractivity contribution in [3.63, 3.8) is 0 Å². The van der Waals surface area contributed by atoms with E-state index in [1.807, 2.05) is 0 Å². The summed E-state index contributed by atoms with van der Waals surface area (Å²) in [5.41, 5.74) is 0.580. The van der Waals surface area contributed by atoms with Gasteiger partial charge in [0.05, 0.1) is 5.69 Å². The summed E-state index contributed by atoms with van der Waals surface area (Å²) in [6.07, 6.45) is 0. The van der Waals surface area contributed by atoms with Crippen molar-refractivity contribution >= 4 is 39.0 Å². The van der Waals surface area contributed by atoms with E-state index in [4.69, 9.17) is 11.6 Å². The molecule has 0 unspecified atom stereocenters. The molecular weight excluding hydrogens is 296 g/mol. The number of hydrogen-bond donors (Lipinski definition) is 1. The quantitative estimate of drug-likeness (QED) is 0.917. The lowest BCUT2D eigenvalue weighted by Crippen LogP contribution is -1.96. The number of rotatable bonds is 2. The number of benzene rings is 1. The highest BCUT2D eigenvalue weighted by atomic mass is 79.9. The third-order valence-electron chi connectivity index (χ3n) is 1.82. The predicted molar refractivity (Wildman–Crippen MR) is 64.4 cm³/mol. The fraction of sp³-hybridized carbons (Fsp3) is 0. The van der Waals surface area contributed by atoms with Crippen LogP contribution in [0.5, 0.6) is 0 Å². The number of anilines is 2. The monoisotopic (exact) mass is 301 g/mol. The van der Waals surface area contributed by atoms with Gasteiger partial charge in [-0.15, -0.1) is 10.2 Å². The third kappa shape index (κ3) is 2.68. The summed E-state index contributed by atoms with van der Waals surface area (Å²) in [6.45, 7) is 0. The van der Waals surface area contributed by atoms with Crippen LogP contribution < -0.4 is 5.32 Å². The van der Waals surface area contributed by atoms with E-state index in [1.165, 1.54) is 12.1 Å². The van der Waals surface area contributed by atoms with Gasteiger partial charge in [-0.1, -0.05) is 11.6 Å². The van der Waals surface area contributed by atoms with Gasteiger partial charge in [0.2, 0.25) is 0 Å². The van der Waals surface area contributed by atoms with Crippen molar-refractivity contribution in [1.29, 1.82) is 0 Å². The lowest BCUT2D eigenvalue weighted by atomic mass is 10.3. The lowest BCUT2D eigenvalue weighted by molar-refractivity contribution is 0.628. The van der Waals surface area contributed by atoms with E-state index in [0.29, 0.717) is 16.7 Å². The minimum Gasteiger partial charge on any atom is -0.338 e. The zero-order valence-electron chi connectivity index (χ0n) is 7.92. The summed E-state index contributed by atoms with van der Waals surface area (Å²) in [4.78, 5) is 0. The van der Waals surface area contributed by atoms with Gasteiger partial charge in [0, 0.05) is 4.47 Å². The molecule has 1 N–H and O–H groups in total. The second-order valence-corrected chi connectivity index (χ2v) is 4.23. The summed E-state index contributed by atoms with van der Waals surface area (Å²) in [5.74, 6) is 0.170. The highest BCUT2D eigenvalue weighted by Gasteiger charge is 2.03. The van der Waals surface area contributed by atoms with Gasteiger partial charge in [0.25, 0.3) is 0 Å². The molecule has 0 aliphatic heterocycles. The molecule has 0 atom stereocenters. The first-order valence-electron chi connectivity index (χ1n) is 4.36. The highest BCUT2D eigenvalue weighted by molar-refractivity contribution is 9.10. The van der Waals surface area contributed by atoms with Crippen molar-refractivity contribution in [3.05, 3.63) is 45.8 Å². The fourth-order valence-corrected chi connectivity index (χ4v) is 1.56. The van der Waals surface area contributed by atoms with Gasteiger partial charge in [0.1, 0.15) is 5.82 Å². The zero-order valence-corrected chi connectivity index (χ0v) is 10.3. The molecule has 1 aromatic heterocycles. The van der Waals surface area contributed by atoms with Crippen LogP contribution in [-0.2, 0) is 0 Å². The van der Waals surface area contributed by atoms with Crippen LogP contribution in [-0.4, -0.2) is 10.2 Å². The van der Waals surface area contributed by atoms with E-state index in [2.05, 4.69) is 31.4 Å². The van der Waals surface area contributed by atoms with E-state index in [0.717, 1.165) is 4.47 Å². The molecule has 2 aromatic rings. The van der Waals surface area contributed by atoms with Gasteiger partial charge < -0.3 is 5.32 Å².